The number of sulfonamides is 1. The second-order valence-corrected chi connectivity index (χ2v) is 15.2. The van der Waals surface area contributed by atoms with Gasteiger partial charge in [-0.1, -0.05) is 91.0 Å². The number of nitrogens with zero attached hydrogens (tertiary/aromatic N) is 2. The topological polar surface area (TPSA) is 134 Å². The molecule has 0 saturated carbocycles. The first-order chi connectivity index (χ1) is 25.2. The molecule has 2 aliphatic rings. The van der Waals surface area contributed by atoms with E-state index in [-0.39, 0.29) is 61.6 Å². The minimum Gasteiger partial charge on any atom is -0.445 e. The van der Waals surface area contributed by atoms with E-state index in [0.717, 1.165) is 41.2 Å². The highest BCUT2D eigenvalue weighted by molar-refractivity contribution is 7.89. The Morgan fingerprint density at radius 3 is 2.21 bits per heavy atom. The van der Waals surface area contributed by atoms with Crippen molar-refractivity contribution < 1.29 is 32.3 Å². The van der Waals surface area contributed by atoms with Gasteiger partial charge >= 0.3 is 6.09 Å². The number of ether oxygens (including phenoxy) is 2. The van der Waals surface area contributed by atoms with Crippen LogP contribution in [0.1, 0.15) is 43.2 Å². The number of hydrogen-bond donors (Lipinski definition) is 2. The number of carbonyl (C=O) groups excluding carboxylic acids is 3. The molecule has 3 atom stereocenters. The van der Waals surface area contributed by atoms with Gasteiger partial charge in [-0.25, -0.2) is 13.2 Å². The predicted octanol–water partition coefficient (Wildman–Crippen LogP) is 5.25. The van der Waals surface area contributed by atoms with Gasteiger partial charge in [-0.05, 0) is 65.6 Å². The fourth-order valence-corrected chi connectivity index (χ4v) is 8.14. The van der Waals surface area contributed by atoms with Gasteiger partial charge in [0.15, 0.2) is 0 Å². The number of carbonyl (C=O) groups is 3. The van der Waals surface area contributed by atoms with E-state index in [1.807, 2.05) is 84.9 Å². The third-order valence-corrected chi connectivity index (χ3v) is 11.1. The van der Waals surface area contributed by atoms with Crippen LogP contribution in [0.15, 0.2) is 108 Å². The summed E-state index contributed by atoms with van der Waals surface area (Å²) in [7, 11) is -4.09. The molecule has 0 aliphatic carbocycles. The second-order valence-electron chi connectivity index (χ2n) is 13.5. The van der Waals surface area contributed by atoms with Gasteiger partial charge in [0.1, 0.15) is 12.6 Å². The summed E-state index contributed by atoms with van der Waals surface area (Å²) in [5.41, 5.74) is 1.81. The Bertz CT molecular complexity index is 1930. The highest BCUT2D eigenvalue weighted by Crippen LogP contribution is 2.23. The molecule has 2 saturated heterocycles. The van der Waals surface area contributed by atoms with Crippen LogP contribution >= 0.6 is 0 Å². The molecule has 4 aromatic rings. The molecule has 11 nitrogen and oxygen atoms in total. The number of amides is 3. The van der Waals surface area contributed by atoms with E-state index >= 15 is 0 Å². The second kappa shape index (κ2) is 17.6. The van der Waals surface area contributed by atoms with Gasteiger partial charge < -0.3 is 24.6 Å². The molecule has 52 heavy (non-hydrogen) atoms. The summed E-state index contributed by atoms with van der Waals surface area (Å²) in [6.45, 7) is 1.96. The first kappa shape index (κ1) is 37.0. The van der Waals surface area contributed by atoms with E-state index in [2.05, 4.69) is 10.0 Å². The number of nitrogens with one attached hydrogen (secondary N) is 2. The van der Waals surface area contributed by atoms with Crippen LogP contribution in [0.5, 0.6) is 0 Å². The molecule has 2 heterocycles. The third kappa shape index (κ3) is 9.96. The minimum atomic E-state index is -4.09. The lowest BCUT2D eigenvalue weighted by Gasteiger charge is -2.32. The highest BCUT2D eigenvalue weighted by atomic mass is 32.2. The molecule has 2 N–H and O–H groups in total. The molecule has 0 bridgehead atoms. The summed E-state index contributed by atoms with van der Waals surface area (Å²) in [4.78, 5) is 43.3. The number of benzene rings is 4. The Balaban J connectivity index is 1.05. The monoisotopic (exact) mass is 726 g/mol. The molecule has 0 radical (unpaired) electrons. The molecular weight excluding hydrogens is 681 g/mol. The van der Waals surface area contributed by atoms with Gasteiger partial charge in [0.05, 0.1) is 18.1 Å². The zero-order valence-electron chi connectivity index (χ0n) is 29.2. The Morgan fingerprint density at radius 2 is 1.46 bits per heavy atom. The largest absolute Gasteiger partial charge is 0.445 e. The van der Waals surface area contributed by atoms with E-state index < -0.39 is 22.0 Å². The summed E-state index contributed by atoms with van der Waals surface area (Å²) in [5.74, 6) is -0.551. The maximum atomic E-state index is 14.1. The van der Waals surface area contributed by atoms with Gasteiger partial charge in [0.25, 0.3) is 0 Å². The Hall–Kier alpha value is -4.78. The molecule has 2 aliphatic heterocycles. The van der Waals surface area contributed by atoms with Gasteiger partial charge in [-0.15, -0.1) is 0 Å². The number of likely N-dealkylation sites (tertiary alicyclic amines) is 2. The van der Waals surface area contributed by atoms with Gasteiger partial charge in [-0.2, -0.15) is 4.72 Å². The molecule has 274 valence electrons. The highest BCUT2D eigenvalue weighted by Gasteiger charge is 2.36. The van der Waals surface area contributed by atoms with E-state index in [1.165, 1.54) is 6.07 Å². The average molecular weight is 727 g/mol. The fraction of sp³-hybridized carbons (Fsp3) is 0.375. The number of fused-ring (bicyclic) bond motifs is 1. The van der Waals surface area contributed by atoms with Gasteiger partial charge in [0, 0.05) is 38.6 Å². The Morgan fingerprint density at radius 1 is 0.788 bits per heavy atom. The van der Waals surface area contributed by atoms with Crippen molar-refractivity contribution in [3.8, 4) is 0 Å². The molecule has 2 fully saturated rings. The summed E-state index contributed by atoms with van der Waals surface area (Å²) in [6, 6.07) is 29.9. The van der Waals surface area contributed by atoms with Crippen molar-refractivity contribution in [3.05, 3.63) is 114 Å². The van der Waals surface area contributed by atoms with Crippen molar-refractivity contribution in [2.45, 2.75) is 62.3 Å². The number of hydrogen-bond acceptors (Lipinski definition) is 7. The van der Waals surface area contributed by atoms with E-state index in [9.17, 15) is 22.8 Å². The molecule has 2 unspecified atom stereocenters. The lowest BCUT2D eigenvalue weighted by molar-refractivity contribution is -0.136. The molecule has 3 amide bonds. The summed E-state index contributed by atoms with van der Waals surface area (Å²) in [5, 5.41) is 4.68. The van der Waals surface area contributed by atoms with Crippen LogP contribution in [0, 0.1) is 5.92 Å². The fourth-order valence-electron chi connectivity index (χ4n) is 6.93. The zero-order chi connectivity index (χ0) is 36.3. The van der Waals surface area contributed by atoms with Crippen molar-refractivity contribution in [3.63, 3.8) is 0 Å². The lowest BCUT2D eigenvalue weighted by atomic mass is 9.94. The predicted molar refractivity (Wildman–Crippen MR) is 197 cm³/mol. The standard InChI is InChI=1S/C40H46N4O7S/c45-38(23-32-15-9-21-43(26-32)40(47)51-28-31-13-5-2-6-14-31)41-25-35-18-10-22-44(35)39(46)37(29-50-27-30-11-3-1-4-12-30)42-52(48,49)36-20-19-33-16-7-8-17-34(33)24-36/h1-8,11-14,16-17,19-20,24,32,35,37,42H,9-10,15,18,21-23,25-29H2,(H,41,45)/t32?,35?,37-/m0/s1. The van der Waals surface area contributed by atoms with Crippen LogP contribution in [0.4, 0.5) is 4.79 Å². The molecule has 12 heteroatoms. The van der Waals surface area contributed by atoms with Crippen molar-refractivity contribution in [1.82, 2.24) is 19.8 Å². The van der Waals surface area contributed by atoms with Crippen molar-refractivity contribution >= 4 is 38.7 Å². The van der Waals surface area contributed by atoms with Gasteiger partial charge in [0.2, 0.25) is 21.8 Å². The average Bonchev–Trinajstić information content (AvgIpc) is 3.65. The van der Waals surface area contributed by atoms with Gasteiger partial charge in [-0.3, -0.25) is 9.59 Å². The van der Waals surface area contributed by atoms with Crippen molar-refractivity contribution in [1.29, 1.82) is 0 Å². The van der Waals surface area contributed by atoms with E-state index in [4.69, 9.17) is 9.47 Å². The molecule has 6 rings (SSSR count). The lowest BCUT2D eigenvalue weighted by Crippen LogP contribution is -2.54. The quantitative estimate of drug-likeness (QED) is 0.181. The summed E-state index contributed by atoms with van der Waals surface area (Å²) < 4.78 is 41.4. The first-order valence-electron chi connectivity index (χ1n) is 17.9. The van der Waals surface area contributed by atoms with Crippen LogP contribution in [-0.4, -0.2) is 81.0 Å². The van der Waals surface area contributed by atoms with Crippen molar-refractivity contribution in [2.24, 2.45) is 5.92 Å². The van der Waals surface area contributed by atoms with Crippen LogP contribution in [0.25, 0.3) is 10.8 Å². The van der Waals surface area contributed by atoms with Crippen molar-refractivity contribution in [2.75, 3.05) is 32.8 Å². The minimum absolute atomic E-state index is 0.00463. The molecule has 0 spiro atoms. The summed E-state index contributed by atoms with van der Waals surface area (Å²) in [6.07, 6.45) is 2.88. The number of rotatable bonds is 14. The maximum Gasteiger partial charge on any atom is 0.410 e. The molecule has 0 aromatic heterocycles. The smallest absolute Gasteiger partial charge is 0.410 e. The van der Waals surface area contributed by atoms with E-state index in [1.54, 1.807) is 21.9 Å². The first-order valence-corrected chi connectivity index (χ1v) is 19.4. The van der Waals surface area contributed by atoms with E-state index in [0.29, 0.717) is 26.1 Å². The summed E-state index contributed by atoms with van der Waals surface area (Å²) >= 11 is 0. The molecular formula is C40H46N4O7S. The Labute approximate surface area is 305 Å². The van der Waals surface area contributed by atoms with Crippen LogP contribution in [0.2, 0.25) is 0 Å². The van der Waals surface area contributed by atoms with Crippen LogP contribution in [0.3, 0.4) is 0 Å². The third-order valence-electron chi connectivity index (χ3n) is 9.67. The SMILES string of the molecule is O=C(CC1CCCN(C(=O)OCc2ccccc2)C1)NCC1CCCN1C(=O)[C@H](COCc1ccccc1)NS(=O)(=O)c1ccc2ccccc2c1. The molecule has 4 aromatic carbocycles. The van der Waals surface area contributed by atoms with Crippen LogP contribution < -0.4 is 10.0 Å². The number of piperidine rings is 1. The Kier molecular flexibility index (Phi) is 12.5. The zero-order valence-corrected chi connectivity index (χ0v) is 30.0. The van der Waals surface area contributed by atoms with Crippen LogP contribution in [-0.2, 0) is 42.3 Å². The maximum absolute atomic E-state index is 14.1. The normalized spacial score (nSPS) is 18.2.